The lowest BCUT2D eigenvalue weighted by molar-refractivity contribution is -0.119. The van der Waals surface area contributed by atoms with Gasteiger partial charge in [-0.15, -0.1) is 6.58 Å². The van der Waals surface area contributed by atoms with E-state index in [0.717, 1.165) is 11.1 Å². The number of ether oxygens (including phenoxy) is 1. The fourth-order valence-electron chi connectivity index (χ4n) is 4.47. The summed E-state index contributed by atoms with van der Waals surface area (Å²) >= 11 is 0. The van der Waals surface area contributed by atoms with Gasteiger partial charge in [0, 0.05) is 18.4 Å². The maximum atomic E-state index is 12.9. The molecule has 2 aromatic carbocycles. The molecule has 1 saturated carbocycles. The van der Waals surface area contributed by atoms with Crippen LogP contribution in [0.15, 0.2) is 73.3 Å². The fraction of sp³-hybridized carbons (Fsp3) is 0.304. The highest BCUT2D eigenvalue weighted by molar-refractivity contribution is 5.87. The van der Waals surface area contributed by atoms with Gasteiger partial charge < -0.3 is 4.74 Å². The first-order chi connectivity index (χ1) is 13.1. The summed E-state index contributed by atoms with van der Waals surface area (Å²) in [6.07, 6.45) is 1.30. The van der Waals surface area contributed by atoms with Gasteiger partial charge in [-0.2, -0.15) is 0 Å². The largest absolute Gasteiger partial charge is 0.439 e. The molecular weight excluding hydrogens is 338 g/mol. The molecule has 138 valence electrons. The van der Waals surface area contributed by atoms with E-state index in [1.165, 1.54) is 0 Å². The number of rotatable bonds is 4. The third-order valence-corrected chi connectivity index (χ3v) is 5.86. The molecule has 0 spiro atoms. The Morgan fingerprint density at radius 3 is 2.15 bits per heavy atom. The summed E-state index contributed by atoms with van der Waals surface area (Å²) in [5, 5.41) is 0. The number of carbonyl (C=O) groups excluding carboxylic acids is 2. The van der Waals surface area contributed by atoms with E-state index >= 15 is 0 Å². The molecule has 0 radical (unpaired) electrons. The van der Waals surface area contributed by atoms with Crippen LogP contribution in [0.5, 0.6) is 0 Å². The molecule has 0 bridgehead atoms. The molecule has 1 unspecified atom stereocenters. The maximum Gasteiger partial charge on any atom is 0.411 e. The van der Waals surface area contributed by atoms with Crippen LogP contribution in [0.2, 0.25) is 0 Å². The van der Waals surface area contributed by atoms with E-state index in [9.17, 15) is 9.59 Å². The molecule has 1 saturated heterocycles. The van der Waals surface area contributed by atoms with Crippen molar-refractivity contribution in [2.45, 2.75) is 31.5 Å². The lowest BCUT2D eigenvalue weighted by Gasteiger charge is -2.32. The van der Waals surface area contributed by atoms with Crippen LogP contribution >= 0.6 is 0 Å². The Bertz CT molecular complexity index is 848. The van der Waals surface area contributed by atoms with Gasteiger partial charge in [0.15, 0.2) is 6.10 Å². The number of hydrogen-bond acceptors (Lipinski definition) is 3. The molecule has 1 aliphatic heterocycles. The van der Waals surface area contributed by atoms with Crippen LogP contribution in [0.4, 0.5) is 4.79 Å². The molecule has 4 rings (SSSR count). The lowest BCUT2D eigenvalue weighted by Crippen LogP contribution is -2.40. The number of nitrogens with zero attached hydrogens (tertiary/aromatic N) is 1. The van der Waals surface area contributed by atoms with Gasteiger partial charge in [0.2, 0.25) is 0 Å². The average Bonchev–Trinajstić information content (AvgIpc) is 3.18. The Hall–Kier alpha value is -2.88. The van der Waals surface area contributed by atoms with Crippen LogP contribution < -0.4 is 0 Å². The van der Waals surface area contributed by atoms with Crippen LogP contribution in [0.3, 0.4) is 0 Å². The first-order valence-corrected chi connectivity index (χ1v) is 9.36. The predicted octanol–water partition coefficient (Wildman–Crippen LogP) is 4.70. The van der Waals surface area contributed by atoms with E-state index in [4.69, 9.17) is 4.74 Å². The first kappa shape index (κ1) is 17.5. The van der Waals surface area contributed by atoms with Crippen molar-refractivity contribution in [3.05, 3.63) is 84.4 Å². The second-order valence-corrected chi connectivity index (χ2v) is 7.34. The molecule has 2 aromatic rings. The standard InChI is InChI=1S/C23H23NO3/c1-3-18-15(2)19(14-20(18)25)24-21(16-10-6-4-7-11-16)22(27-23(24)26)17-12-8-5-9-13-17/h3-13,15,18-19,21-22H,1,14H2,2H3/t15-,18?,19-,21-,22+/m0/s1. The minimum absolute atomic E-state index is 0.0169. The minimum Gasteiger partial charge on any atom is -0.439 e. The topological polar surface area (TPSA) is 46.6 Å². The highest BCUT2D eigenvalue weighted by Crippen LogP contribution is 2.47. The van der Waals surface area contributed by atoms with E-state index < -0.39 is 6.10 Å². The lowest BCUT2D eigenvalue weighted by atomic mass is 9.91. The third-order valence-electron chi connectivity index (χ3n) is 5.86. The summed E-state index contributed by atoms with van der Waals surface area (Å²) in [5.41, 5.74) is 1.97. The number of Topliss-reactive ketones (excluding diaryl/α,β-unsaturated/α-hetero) is 1. The van der Waals surface area contributed by atoms with Crippen molar-refractivity contribution in [2.24, 2.45) is 11.8 Å². The van der Waals surface area contributed by atoms with Crippen LogP contribution in [-0.2, 0) is 9.53 Å². The minimum atomic E-state index is -0.397. The van der Waals surface area contributed by atoms with E-state index in [1.807, 2.05) is 67.6 Å². The van der Waals surface area contributed by atoms with E-state index in [1.54, 1.807) is 11.0 Å². The molecular formula is C23H23NO3. The van der Waals surface area contributed by atoms with Crippen molar-refractivity contribution < 1.29 is 14.3 Å². The Morgan fingerprint density at radius 2 is 1.59 bits per heavy atom. The number of benzene rings is 2. The van der Waals surface area contributed by atoms with Crippen LogP contribution in [0.1, 0.15) is 36.6 Å². The van der Waals surface area contributed by atoms with Crippen molar-refractivity contribution in [3.8, 4) is 0 Å². The first-order valence-electron chi connectivity index (χ1n) is 9.36. The molecule has 4 heteroatoms. The van der Waals surface area contributed by atoms with E-state index in [-0.39, 0.29) is 35.8 Å². The molecule has 0 aromatic heterocycles. The summed E-state index contributed by atoms with van der Waals surface area (Å²) in [6, 6.07) is 19.3. The molecule has 1 aliphatic carbocycles. The molecule has 1 amide bonds. The van der Waals surface area contributed by atoms with Crippen molar-refractivity contribution in [3.63, 3.8) is 0 Å². The van der Waals surface area contributed by atoms with Gasteiger partial charge in [0.1, 0.15) is 11.8 Å². The monoisotopic (exact) mass is 361 g/mol. The van der Waals surface area contributed by atoms with Gasteiger partial charge >= 0.3 is 6.09 Å². The molecule has 2 fully saturated rings. The number of amides is 1. The van der Waals surface area contributed by atoms with Crippen LogP contribution in [0.25, 0.3) is 0 Å². The summed E-state index contributed by atoms with van der Waals surface area (Å²) in [6.45, 7) is 5.83. The highest BCUT2D eigenvalue weighted by atomic mass is 16.6. The van der Waals surface area contributed by atoms with Crippen molar-refractivity contribution in [1.29, 1.82) is 0 Å². The van der Waals surface area contributed by atoms with Crippen LogP contribution in [-0.4, -0.2) is 22.8 Å². The fourth-order valence-corrected chi connectivity index (χ4v) is 4.47. The average molecular weight is 361 g/mol. The van der Waals surface area contributed by atoms with Crippen molar-refractivity contribution in [1.82, 2.24) is 4.90 Å². The van der Waals surface area contributed by atoms with Gasteiger partial charge in [0.05, 0.1) is 0 Å². The normalized spacial score (nSPS) is 30.4. The zero-order chi connectivity index (χ0) is 19.0. The van der Waals surface area contributed by atoms with Crippen LogP contribution in [0, 0.1) is 11.8 Å². The number of ketones is 1. The summed E-state index contributed by atoms with van der Waals surface area (Å²) < 4.78 is 5.84. The predicted molar refractivity (Wildman–Crippen MR) is 103 cm³/mol. The Kier molecular flexibility index (Phi) is 4.56. The van der Waals surface area contributed by atoms with E-state index in [2.05, 4.69) is 6.58 Å². The summed E-state index contributed by atoms with van der Waals surface area (Å²) in [4.78, 5) is 27.2. The van der Waals surface area contributed by atoms with Crippen molar-refractivity contribution >= 4 is 11.9 Å². The quantitative estimate of drug-likeness (QED) is 0.742. The smallest absolute Gasteiger partial charge is 0.411 e. The second kappa shape index (κ2) is 7.03. The third kappa shape index (κ3) is 2.95. The molecule has 27 heavy (non-hydrogen) atoms. The second-order valence-electron chi connectivity index (χ2n) is 7.34. The molecule has 4 nitrogen and oxygen atoms in total. The zero-order valence-electron chi connectivity index (χ0n) is 15.3. The maximum absolute atomic E-state index is 12.9. The summed E-state index contributed by atoms with van der Waals surface area (Å²) in [5.74, 6) is -0.0523. The molecule has 0 N–H and O–H groups in total. The zero-order valence-corrected chi connectivity index (χ0v) is 15.3. The number of carbonyl (C=O) groups is 2. The SMILES string of the molecule is C=CC1C(=O)C[C@H](N2C(=O)O[C@H](c3ccccc3)[C@@H]2c2ccccc2)[C@H]1C. The van der Waals surface area contributed by atoms with Gasteiger partial charge in [0.25, 0.3) is 0 Å². The summed E-state index contributed by atoms with van der Waals surface area (Å²) in [7, 11) is 0. The number of cyclic esters (lactones) is 1. The Balaban J connectivity index is 1.77. The number of hydrogen-bond donors (Lipinski definition) is 0. The Morgan fingerprint density at radius 1 is 1.00 bits per heavy atom. The number of allylic oxidation sites excluding steroid dienone is 1. The van der Waals surface area contributed by atoms with Gasteiger partial charge in [-0.25, -0.2) is 4.79 Å². The van der Waals surface area contributed by atoms with Crippen molar-refractivity contribution in [2.75, 3.05) is 0 Å². The highest BCUT2D eigenvalue weighted by Gasteiger charge is 2.52. The molecule has 2 aliphatic rings. The van der Waals surface area contributed by atoms with E-state index in [0.29, 0.717) is 6.42 Å². The van der Waals surface area contributed by atoms with Gasteiger partial charge in [-0.05, 0) is 17.0 Å². The molecule has 1 heterocycles. The Labute approximate surface area is 159 Å². The van der Waals surface area contributed by atoms with Gasteiger partial charge in [-0.1, -0.05) is 73.7 Å². The molecule has 5 atom stereocenters. The van der Waals surface area contributed by atoms with Gasteiger partial charge in [-0.3, -0.25) is 9.69 Å².